The first-order valence-electron chi connectivity index (χ1n) is 6.86. The Balaban J connectivity index is 1.71. The van der Waals surface area contributed by atoms with Crippen molar-refractivity contribution in [2.45, 2.75) is 12.7 Å². The van der Waals surface area contributed by atoms with Crippen LogP contribution in [0.3, 0.4) is 0 Å². The molecule has 2 aromatic rings. The largest absolute Gasteiger partial charge is 0.485 e. The molecule has 0 unspecified atom stereocenters. The fourth-order valence-corrected chi connectivity index (χ4v) is 2.13. The zero-order chi connectivity index (χ0) is 16.2. The summed E-state index contributed by atoms with van der Waals surface area (Å²) in [6.07, 6.45) is -0.885. The highest BCUT2D eigenvalue weighted by Gasteiger charge is 2.28. The Bertz CT molecular complexity index is 708. The number of para-hydroxylation sites is 4. The van der Waals surface area contributed by atoms with Crippen molar-refractivity contribution >= 4 is 11.6 Å². The average molecular weight is 321 g/mol. The van der Waals surface area contributed by atoms with Crippen LogP contribution in [0.2, 0.25) is 0 Å². The minimum atomic E-state index is -2.98. The van der Waals surface area contributed by atoms with Gasteiger partial charge in [0.05, 0.1) is 5.69 Å². The quantitative estimate of drug-likeness (QED) is 0.940. The van der Waals surface area contributed by atoms with E-state index in [-0.39, 0.29) is 18.0 Å². The molecule has 1 aliphatic heterocycles. The van der Waals surface area contributed by atoms with Crippen molar-refractivity contribution in [2.75, 3.05) is 11.9 Å². The number of rotatable bonds is 4. The van der Waals surface area contributed by atoms with Gasteiger partial charge < -0.3 is 19.5 Å². The number of anilines is 1. The lowest BCUT2D eigenvalue weighted by Gasteiger charge is -2.25. The fraction of sp³-hybridized carbons (Fsp3) is 0.188. The van der Waals surface area contributed by atoms with Gasteiger partial charge in [-0.15, -0.1) is 0 Å². The zero-order valence-electron chi connectivity index (χ0n) is 11.9. The maximum Gasteiger partial charge on any atom is 0.387 e. The second-order valence-corrected chi connectivity index (χ2v) is 4.73. The van der Waals surface area contributed by atoms with Crippen molar-refractivity contribution in [2.24, 2.45) is 0 Å². The number of hydrogen-bond acceptors (Lipinski definition) is 4. The number of benzene rings is 2. The number of halogens is 2. The van der Waals surface area contributed by atoms with E-state index in [4.69, 9.17) is 9.47 Å². The summed E-state index contributed by atoms with van der Waals surface area (Å²) in [5, 5.41) is 2.51. The molecule has 3 rings (SSSR count). The standard InChI is InChI=1S/C16H13F2NO4/c17-16(18)23-11-6-2-1-5-10(11)19-15(20)14-9-21-12-7-3-4-8-13(12)22-14/h1-8,14,16H,9H2,(H,19,20)/t14-/m1/s1. The van der Waals surface area contributed by atoms with Crippen LogP contribution in [0.25, 0.3) is 0 Å². The van der Waals surface area contributed by atoms with Gasteiger partial charge in [0.1, 0.15) is 12.4 Å². The van der Waals surface area contributed by atoms with Crippen LogP contribution >= 0.6 is 0 Å². The maximum atomic E-state index is 12.4. The number of nitrogens with one attached hydrogen (secondary N) is 1. The van der Waals surface area contributed by atoms with Crippen molar-refractivity contribution in [1.82, 2.24) is 0 Å². The van der Waals surface area contributed by atoms with E-state index in [2.05, 4.69) is 10.1 Å². The molecule has 5 nitrogen and oxygen atoms in total. The van der Waals surface area contributed by atoms with E-state index in [0.29, 0.717) is 11.5 Å². The second-order valence-electron chi connectivity index (χ2n) is 4.73. The normalized spacial score (nSPS) is 16.0. The van der Waals surface area contributed by atoms with Gasteiger partial charge in [-0.25, -0.2) is 0 Å². The van der Waals surface area contributed by atoms with Crippen molar-refractivity contribution in [3.8, 4) is 17.2 Å². The number of carbonyl (C=O) groups is 1. The first kappa shape index (κ1) is 15.1. The molecule has 0 spiro atoms. The van der Waals surface area contributed by atoms with Crippen LogP contribution in [-0.4, -0.2) is 25.2 Å². The van der Waals surface area contributed by atoms with E-state index in [1.807, 2.05) is 0 Å². The van der Waals surface area contributed by atoms with E-state index >= 15 is 0 Å². The molecule has 2 aromatic carbocycles. The molecule has 1 aliphatic rings. The molecule has 7 heteroatoms. The topological polar surface area (TPSA) is 56.8 Å². The Kier molecular flexibility index (Phi) is 4.27. The molecule has 1 heterocycles. The average Bonchev–Trinajstić information content (AvgIpc) is 2.55. The van der Waals surface area contributed by atoms with Gasteiger partial charge >= 0.3 is 6.61 Å². The molecule has 1 amide bonds. The SMILES string of the molecule is O=C(Nc1ccccc1OC(F)F)[C@H]1COc2ccccc2O1. The zero-order valence-corrected chi connectivity index (χ0v) is 11.9. The van der Waals surface area contributed by atoms with Crippen LogP contribution in [-0.2, 0) is 4.79 Å². The van der Waals surface area contributed by atoms with Crippen LogP contribution in [0.1, 0.15) is 0 Å². The van der Waals surface area contributed by atoms with E-state index in [0.717, 1.165) is 0 Å². The number of alkyl halides is 2. The summed E-state index contributed by atoms with van der Waals surface area (Å²) in [5.74, 6) is 0.381. The smallest absolute Gasteiger partial charge is 0.387 e. The van der Waals surface area contributed by atoms with Crippen molar-refractivity contribution in [1.29, 1.82) is 0 Å². The minimum Gasteiger partial charge on any atom is -0.485 e. The van der Waals surface area contributed by atoms with Crippen LogP contribution in [0, 0.1) is 0 Å². The third kappa shape index (κ3) is 3.50. The van der Waals surface area contributed by atoms with E-state index < -0.39 is 18.6 Å². The van der Waals surface area contributed by atoms with Crippen LogP contribution < -0.4 is 19.5 Å². The molecule has 0 radical (unpaired) electrons. The van der Waals surface area contributed by atoms with E-state index in [1.165, 1.54) is 18.2 Å². The van der Waals surface area contributed by atoms with Gasteiger partial charge in [-0.2, -0.15) is 8.78 Å². The highest BCUT2D eigenvalue weighted by molar-refractivity contribution is 5.96. The monoisotopic (exact) mass is 321 g/mol. The van der Waals surface area contributed by atoms with Crippen LogP contribution in [0.15, 0.2) is 48.5 Å². The predicted octanol–water partition coefficient (Wildman–Crippen LogP) is 3.07. The number of hydrogen-bond donors (Lipinski definition) is 1. The molecule has 0 saturated carbocycles. The highest BCUT2D eigenvalue weighted by Crippen LogP contribution is 2.32. The third-order valence-corrected chi connectivity index (χ3v) is 3.16. The highest BCUT2D eigenvalue weighted by atomic mass is 19.3. The van der Waals surface area contributed by atoms with Gasteiger partial charge in [0.15, 0.2) is 11.5 Å². The number of ether oxygens (including phenoxy) is 3. The number of carbonyl (C=O) groups excluding carboxylic acids is 1. The Morgan fingerprint density at radius 1 is 1.13 bits per heavy atom. The molecular weight excluding hydrogens is 308 g/mol. The van der Waals surface area contributed by atoms with Gasteiger partial charge in [0, 0.05) is 0 Å². The van der Waals surface area contributed by atoms with Gasteiger partial charge in [-0.1, -0.05) is 24.3 Å². The van der Waals surface area contributed by atoms with E-state index in [9.17, 15) is 13.6 Å². The molecule has 0 bridgehead atoms. The summed E-state index contributed by atoms with van der Waals surface area (Å²) in [4.78, 5) is 12.3. The Hall–Kier alpha value is -2.83. The van der Waals surface area contributed by atoms with Gasteiger partial charge in [-0.3, -0.25) is 4.79 Å². The maximum absolute atomic E-state index is 12.4. The summed E-state index contributed by atoms with van der Waals surface area (Å²) in [7, 11) is 0. The summed E-state index contributed by atoms with van der Waals surface area (Å²) in [6.45, 7) is -2.95. The van der Waals surface area contributed by atoms with Crippen LogP contribution in [0.4, 0.5) is 14.5 Å². The summed E-state index contributed by atoms with van der Waals surface area (Å²) in [5.41, 5.74) is 0.139. The Morgan fingerprint density at radius 2 is 1.83 bits per heavy atom. The number of fused-ring (bicyclic) bond motifs is 1. The second kappa shape index (κ2) is 6.51. The molecule has 0 aliphatic carbocycles. The van der Waals surface area contributed by atoms with E-state index in [1.54, 1.807) is 30.3 Å². The first-order chi connectivity index (χ1) is 11.1. The fourth-order valence-electron chi connectivity index (χ4n) is 2.13. The molecule has 120 valence electrons. The van der Waals surface area contributed by atoms with Crippen molar-refractivity contribution < 1.29 is 27.8 Å². The minimum absolute atomic E-state index is 0.0285. The molecule has 1 atom stereocenters. The molecule has 23 heavy (non-hydrogen) atoms. The van der Waals surface area contributed by atoms with Gasteiger partial charge in [-0.05, 0) is 24.3 Å². The molecule has 0 aromatic heterocycles. The lowest BCUT2D eigenvalue weighted by molar-refractivity contribution is -0.125. The third-order valence-electron chi connectivity index (χ3n) is 3.16. The van der Waals surface area contributed by atoms with Crippen molar-refractivity contribution in [3.63, 3.8) is 0 Å². The predicted molar refractivity (Wildman–Crippen MR) is 78.1 cm³/mol. The number of amides is 1. The summed E-state index contributed by atoms with van der Waals surface area (Å²) >= 11 is 0. The molecular formula is C16H13F2NO4. The first-order valence-corrected chi connectivity index (χ1v) is 6.86. The van der Waals surface area contributed by atoms with Crippen molar-refractivity contribution in [3.05, 3.63) is 48.5 Å². The van der Waals surface area contributed by atoms with Crippen LogP contribution in [0.5, 0.6) is 17.2 Å². The van der Waals surface area contributed by atoms with Gasteiger partial charge in [0.25, 0.3) is 5.91 Å². The molecule has 0 fully saturated rings. The molecule has 1 N–H and O–H groups in total. The summed E-state index contributed by atoms with van der Waals surface area (Å²) < 4.78 is 40.1. The molecule has 0 saturated heterocycles. The Labute approximate surface area is 130 Å². The lowest BCUT2D eigenvalue weighted by atomic mass is 10.2. The summed E-state index contributed by atoms with van der Waals surface area (Å²) in [6, 6.07) is 12.9. The van der Waals surface area contributed by atoms with Gasteiger partial charge in [0.2, 0.25) is 6.10 Å². The Morgan fingerprint density at radius 3 is 2.61 bits per heavy atom. The lowest BCUT2D eigenvalue weighted by Crippen LogP contribution is -2.40.